The molecule has 0 aliphatic carbocycles. The number of unbranched alkanes of at least 4 members (excludes halogenated alkanes) is 24. The highest BCUT2D eigenvalue weighted by Crippen LogP contribution is 2.47. The van der Waals surface area contributed by atoms with Gasteiger partial charge in [-0.1, -0.05) is 187 Å². The number of nitrogens with zero attached hydrogens (tertiary/aromatic N) is 3. The van der Waals surface area contributed by atoms with E-state index in [4.69, 9.17) is 0 Å². The van der Waals surface area contributed by atoms with E-state index in [9.17, 15) is 0 Å². The summed E-state index contributed by atoms with van der Waals surface area (Å²) in [6, 6.07) is 21.7. The number of rotatable bonds is 30. The van der Waals surface area contributed by atoms with Crippen LogP contribution in [0.2, 0.25) is 0 Å². The maximum absolute atomic E-state index is 2.73. The smallest absolute Gasteiger partial charge is 0.215 e. The zero-order chi connectivity index (χ0) is 38.1. The van der Waals surface area contributed by atoms with Crippen LogP contribution in [0.3, 0.4) is 0 Å². The summed E-state index contributed by atoms with van der Waals surface area (Å²) >= 11 is 0. The van der Waals surface area contributed by atoms with Crippen LogP contribution in [0.5, 0.6) is 0 Å². The Kier molecular flexibility index (Phi) is 17.1. The molecule has 3 nitrogen and oxygen atoms in total. The minimum absolute atomic E-state index is 1.10. The molecule has 2 aliphatic rings. The minimum atomic E-state index is 1.10. The third kappa shape index (κ3) is 10.5. The molecule has 300 valence electrons. The zero-order valence-electron chi connectivity index (χ0n) is 35.8. The van der Waals surface area contributed by atoms with Gasteiger partial charge in [-0.15, -0.1) is 0 Å². The second-order valence-electron chi connectivity index (χ2n) is 17.3. The van der Waals surface area contributed by atoms with Crippen molar-refractivity contribution in [2.24, 2.45) is 0 Å². The Morgan fingerprint density at radius 1 is 0.345 bits per heavy atom. The standard InChI is InChI=1S/C52H78N3/c1-4-7-10-13-16-19-22-25-28-40-53-43-34-31-36-45-49(43)52-50-44(53)35-32-37-46(50)55(42-30-27-24-21-18-15-12-9-6-3)48-39-33-38-47(51(48)52)54(45)41-29-26-23-20-17-14-11-8-5-2/h31-39H,4-30,40-42H2,1-3H3/q+1. The Labute approximate surface area is 335 Å². The summed E-state index contributed by atoms with van der Waals surface area (Å²) in [6.07, 6.45) is 36.9. The molecule has 3 heteroatoms. The molecule has 0 saturated heterocycles. The molecule has 3 aromatic carbocycles. The Bertz CT molecular complexity index is 1800. The summed E-state index contributed by atoms with van der Waals surface area (Å²) < 4.78 is 8.19. The predicted octanol–water partition coefficient (Wildman–Crippen LogP) is 16.3. The van der Waals surface area contributed by atoms with Crippen LogP contribution < -0.4 is 4.57 Å². The Morgan fingerprint density at radius 2 is 0.673 bits per heavy atom. The van der Waals surface area contributed by atoms with Crippen LogP contribution in [-0.4, -0.2) is 9.13 Å². The number of benzene rings is 3. The van der Waals surface area contributed by atoms with E-state index in [0.717, 1.165) is 19.6 Å². The lowest BCUT2D eigenvalue weighted by Gasteiger charge is -2.28. The van der Waals surface area contributed by atoms with E-state index in [0.29, 0.717) is 0 Å². The molecule has 0 spiro atoms. The quantitative estimate of drug-likeness (QED) is 0.0189. The molecule has 0 fully saturated rings. The molecule has 4 aromatic rings. The van der Waals surface area contributed by atoms with E-state index < -0.39 is 0 Å². The molecule has 2 aliphatic heterocycles. The maximum Gasteiger partial charge on any atom is 0.215 e. The van der Waals surface area contributed by atoms with Crippen LogP contribution >= 0.6 is 0 Å². The monoisotopic (exact) mass is 745 g/mol. The van der Waals surface area contributed by atoms with Gasteiger partial charge >= 0.3 is 0 Å². The first-order valence-corrected chi connectivity index (χ1v) is 23.9. The van der Waals surface area contributed by atoms with Crippen molar-refractivity contribution < 1.29 is 4.57 Å². The van der Waals surface area contributed by atoms with Gasteiger partial charge in [0.1, 0.15) is 6.54 Å². The Balaban J connectivity index is 1.31. The molecule has 55 heavy (non-hydrogen) atoms. The first kappa shape index (κ1) is 41.6. The zero-order valence-corrected chi connectivity index (χ0v) is 35.8. The van der Waals surface area contributed by atoms with Crippen molar-refractivity contribution in [3.8, 4) is 11.1 Å². The van der Waals surface area contributed by atoms with E-state index in [1.165, 1.54) is 228 Å². The largest absolute Gasteiger partial charge is 0.340 e. The molecule has 0 saturated carbocycles. The molecule has 1 aromatic heterocycles. The van der Waals surface area contributed by atoms with Gasteiger partial charge in [-0.25, -0.2) is 0 Å². The van der Waals surface area contributed by atoms with Crippen molar-refractivity contribution in [1.29, 1.82) is 0 Å². The summed E-state index contributed by atoms with van der Waals surface area (Å²) in [6.45, 7) is 10.2. The fraction of sp³-hybridized carbons (Fsp3) is 0.635. The topological polar surface area (TPSA) is 13.7 Å². The fourth-order valence-corrected chi connectivity index (χ4v) is 9.93. The normalized spacial score (nSPS) is 12.3. The van der Waals surface area contributed by atoms with Crippen LogP contribution in [0.25, 0.3) is 55.0 Å². The molecule has 6 rings (SSSR count). The van der Waals surface area contributed by atoms with E-state index in [1.807, 2.05) is 0 Å². The third-order valence-electron chi connectivity index (χ3n) is 13.0. The Hall–Kier alpha value is -3.07. The number of hydrogen-bond acceptors (Lipinski definition) is 0. The Morgan fingerprint density at radius 3 is 1.07 bits per heavy atom. The van der Waals surface area contributed by atoms with Gasteiger partial charge in [0.25, 0.3) is 0 Å². The third-order valence-corrected chi connectivity index (χ3v) is 13.0. The summed E-state index contributed by atoms with van der Waals surface area (Å²) in [5.74, 6) is 0. The molecule has 0 radical (unpaired) electrons. The minimum Gasteiger partial charge on any atom is -0.340 e. The molecule has 0 bridgehead atoms. The van der Waals surface area contributed by atoms with Gasteiger partial charge in [0.05, 0.1) is 32.8 Å². The molecule has 3 heterocycles. The number of hydrogen-bond donors (Lipinski definition) is 0. The van der Waals surface area contributed by atoms with Crippen LogP contribution in [-0.2, 0) is 19.6 Å². The molecule has 0 atom stereocenters. The van der Waals surface area contributed by atoms with E-state index in [1.54, 1.807) is 0 Å². The number of pyridine rings is 3. The fourth-order valence-electron chi connectivity index (χ4n) is 9.93. The average Bonchev–Trinajstić information content (AvgIpc) is 3.21. The van der Waals surface area contributed by atoms with E-state index >= 15 is 0 Å². The van der Waals surface area contributed by atoms with Gasteiger partial charge in [-0.2, -0.15) is 4.57 Å². The van der Waals surface area contributed by atoms with Crippen molar-refractivity contribution in [3.63, 3.8) is 0 Å². The summed E-state index contributed by atoms with van der Waals surface area (Å²) in [5, 5.41) is 2.99. The highest BCUT2D eigenvalue weighted by Gasteiger charge is 2.31. The molecule has 0 amide bonds. The predicted molar refractivity (Wildman–Crippen MR) is 242 cm³/mol. The van der Waals surface area contributed by atoms with Crippen LogP contribution in [0, 0.1) is 0 Å². The van der Waals surface area contributed by atoms with Gasteiger partial charge in [0, 0.05) is 42.8 Å². The average molecular weight is 745 g/mol. The summed E-state index contributed by atoms with van der Waals surface area (Å²) in [4.78, 5) is 0. The van der Waals surface area contributed by atoms with Gasteiger partial charge in [0.15, 0.2) is 0 Å². The van der Waals surface area contributed by atoms with Crippen molar-refractivity contribution in [2.45, 2.75) is 214 Å². The number of aromatic nitrogens is 3. The maximum atomic E-state index is 2.73. The first-order valence-electron chi connectivity index (χ1n) is 23.9. The van der Waals surface area contributed by atoms with Gasteiger partial charge < -0.3 is 9.13 Å². The summed E-state index contributed by atoms with van der Waals surface area (Å²) in [5.41, 5.74) is 11.6. The van der Waals surface area contributed by atoms with Crippen molar-refractivity contribution in [3.05, 3.63) is 54.6 Å². The lowest BCUT2D eigenvalue weighted by atomic mass is 9.89. The molecule has 0 N–H and O–H groups in total. The van der Waals surface area contributed by atoms with Crippen molar-refractivity contribution in [2.75, 3.05) is 0 Å². The van der Waals surface area contributed by atoms with E-state index in [2.05, 4.69) is 89.1 Å². The second-order valence-corrected chi connectivity index (χ2v) is 17.3. The molecule has 0 unspecified atom stereocenters. The lowest BCUT2D eigenvalue weighted by molar-refractivity contribution is -0.645. The summed E-state index contributed by atoms with van der Waals surface area (Å²) in [7, 11) is 0. The van der Waals surface area contributed by atoms with Crippen molar-refractivity contribution >= 4 is 43.9 Å². The highest BCUT2D eigenvalue weighted by molar-refractivity contribution is 6.24. The van der Waals surface area contributed by atoms with Gasteiger partial charge in [0.2, 0.25) is 11.0 Å². The lowest BCUT2D eigenvalue weighted by Crippen LogP contribution is -2.36. The second kappa shape index (κ2) is 22.6. The van der Waals surface area contributed by atoms with Crippen LogP contribution in [0.15, 0.2) is 54.6 Å². The van der Waals surface area contributed by atoms with Crippen molar-refractivity contribution in [1.82, 2.24) is 9.13 Å². The van der Waals surface area contributed by atoms with E-state index in [-0.39, 0.29) is 0 Å². The highest BCUT2D eigenvalue weighted by atomic mass is 15.0. The molecular formula is C52H78N3+. The molecular weight excluding hydrogens is 667 g/mol. The van der Waals surface area contributed by atoms with Gasteiger partial charge in [-0.05, 0) is 43.5 Å². The SMILES string of the molecule is CCCCCCCCCCCn1c2cccc3c2-c2c4c1cccc4[n+](CCCCCCCCCCC)c1cccc(c21)n3CCCCCCCCCCC. The van der Waals surface area contributed by atoms with Crippen LogP contribution in [0.4, 0.5) is 0 Å². The van der Waals surface area contributed by atoms with Crippen LogP contribution in [0.1, 0.15) is 194 Å². The van der Waals surface area contributed by atoms with Gasteiger partial charge in [-0.3, -0.25) is 0 Å². The first-order chi connectivity index (χ1) is 27.3. The number of aryl methyl sites for hydroxylation is 3.